The minimum absolute atomic E-state index is 0.0516. The van der Waals surface area contributed by atoms with E-state index in [1.54, 1.807) is 26.0 Å². The molecular weight excluding hydrogens is 312 g/mol. The zero-order chi connectivity index (χ0) is 18.5. The average molecular weight is 334 g/mol. The van der Waals surface area contributed by atoms with Gasteiger partial charge in [0.05, 0.1) is 0 Å². The molecule has 0 unspecified atom stereocenters. The van der Waals surface area contributed by atoms with Crippen LogP contribution in [0.4, 0.5) is 0 Å². The lowest BCUT2D eigenvalue weighted by Crippen LogP contribution is -2.13. The summed E-state index contributed by atoms with van der Waals surface area (Å²) in [5, 5.41) is 0. The van der Waals surface area contributed by atoms with E-state index in [0.29, 0.717) is 11.5 Å². The number of furan rings is 2. The first-order chi connectivity index (χ1) is 11.6. The topological polar surface area (TPSA) is 78.9 Å². The number of hydrogen-bond donors (Lipinski definition) is 0. The van der Waals surface area contributed by atoms with E-state index in [2.05, 4.69) is 26.3 Å². The molecule has 130 valence electrons. The normalized spacial score (nSPS) is 8.92. The van der Waals surface area contributed by atoms with Crippen molar-refractivity contribution in [3.63, 3.8) is 0 Å². The third kappa shape index (κ3) is 6.83. The van der Waals surface area contributed by atoms with Gasteiger partial charge in [-0.2, -0.15) is 0 Å². The number of hydrogen-bond acceptors (Lipinski definition) is 6. The average Bonchev–Trinajstić information content (AvgIpc) is 3.23. The summed E-state index contributed by atoms with van der Waals surface area (Å²) in [5.41, 5.74) is 0. The Balaban J connectivity index is 0.00000123. The fourth-order valence-corrected chi connectivity index (χ4v) is 1.50. The molecule has 0 aromatic carbocycles. The maximum atomic E-state index is 11.5. The molecule has 0 aliphatic heterocycles. The SMILES string of the molecule is C=C.C=C.Cc1ccc(C(=O)OCCOC(=O)c2ccc(C)o2)o1. The Bertz CT molecular complexity index is 581. The van der Waals surface area contributed by atoms with Gasteiger partial charge in [0.25, 0.3) is 0 Å². The van der Waals surface area contributed by atoms with Crippen molar-refractivity contribution in [2.45, 2.75) is 13.8 Å². The van der Waals surface area contributed by atoms with Gasteiger partial charge in [-0.05, 0) is 38.1 Å². The molecule has 6 heteroatoms. The standard InChI is InChI=1S/C14H14O6.2C2H4/c1-9-3-5-11(19-9)13(15)17-7-8-18-14(16)12-6-4-10(2)20-12;2*1-2/h3-6H,7-8H2,1-2H3;2*1-2H2. The second-order valence-corrected chi connectivity index (χ2v) is 4.09. The first kappa shape index (κ1) is 21.0. The number of esters is 2. The van der Waals surface area contributed by atoms with Crippen LogP contribution in [0.15, 0.2) is 59.4 Å². The predicted molar refractivity (Wildman–Crippen MR) is 90.0 cm³/mol. The highest BCUT2D eigenvalue weighted by atomic mass is 16.6. The van der Waals surface area contributed by atoms with E-state index in [4.69, 9.17) is 18.3 Å². The van der Waals surface area contributed by atoms with Gasteiger partial charge >= 0.3 is 11.9 Å². The van der Waals surface area contributed by atoms with Crippen molar-refractivity contribution in [1.82, 2.24) is 0 Å². The van der Waals surface area contributed by atoms with Crippen LogP contribution in [0.2, 0.25) is 0 Å². The Morgan fingerprint density at radius 3 is 1.38 bits per heavy atom. The van der Waals surface area contributed by atoms with E-state index in [9.17, 15) is 9.59 Å². The van der Waals surface area contributed by atoms with E-state index in [0.717, 1.165) is 0 Å². The number of aryl methyl sites for hydroxylation is 2. The molecule has 2 rings (SSSR count). The highest BCUT2D eigenvalue weighted by molar-refractivity contribution is 5.87. The summed E-state index contributed by atoms with van der Waals surface area (Å²) in [7, 11) is 0. The fourth-order valence-electron chi connectivity index (χ4n) is 1.50. The Kier molecular flexibility index (Phi) is 10.1. The minimum Gasteiger partial charge on any atom is -0.456 e. The molecule has 0 radical (unpaired) electrons. The van der Waals surface area contributed by atoms with Gasteiger partial charge in [-0.25, -0.2) is 9.59 Å². The maximum Gasteiger partial charge on any atom is 0.374 e. The second-order valence-electron chi connectivity index (χ2n) is 4.09. The smallest absolute Gasteiger partial charge is 0.374 e. The lowest BCUT2D eigenvalue weighted by atomic mass is 10.4. The first-order valence-corrected chi connectivity index (χ1v) is 7.03. The van der Waals surface area contributed by atoms with Crippen molar-refractivity contribution in [2.24, 2.45) is 0 Å². The summed E-state index contributed by atoms with van der Waals surface area (Å²) in [4.78, 5) is 23.0. The van der Waals surface area contributed by atoms with Gasteiger partial charge < -0.3 is 18.3 Å². The van der Waals surface area contributed by atoms with Crippen LogP contribution >= 0.6 is 0 Å². The Morgan fingerprint density at radius 2 is 1.12 bits per heavy atom. The zero-order valence-electron chi connectivity index (χ0n) is 14.0. The van der Waals surface area contributed by atoms with Crippen LogP contribution < -0.4 is 0 Å². The quantitative estimate of drug-likeness (QED) is 0.465. The molecule has 0 saturated heterocycles. The number of carbonyl (C=O) groups excluding carboxylic acids is 2. The van der Waals surface area contributed by atoms with E-state index >= 15 is 0 Å². The highest BCUT2D eigenvalue weighted by Crippen LogP contribution is 2.09. The summed E-state index contributed by atoms with van der Waals surface area (Å²) in [5.74, 6) is 0.296. The van der Waals surface area contributed by atoms with Gasteiger partial charge in [0.15, 0.2) is 0 Å². The molecule has 2 heterocycles. The van der Waals surface area contributed by atoms with Gasteiger partial charge in [-0.15, -0.1) is 26.3 Å². The zero-order valence-corrected chi connectivity index (χ0v) is 14.0. The van der Waals surface area contributed by atoms with Gasteiger partial charge in [0.1, 0.15) is 24.7 Å². The molecular formula is C18H22O6. The molecule has 0 amide bonds. The molecule has 6 nitrogen and oxygen atoms in total. The van der Waals surface area contributed by atoms with Crippen LogP contribution in [0.5, 0.6) is 0 Å². The molecule has 0 N–H and O–H groups in total. The maximum absolute atomic E-state index is 11.5. The fraction of sp³-hybridized carbons (Fsp3) is 0.222. The number of carbonyl (C=O) groups is 2. The van der Waals surface area contributed by atoms with Crippen molar-refractivity contribution in [2.75, 3.05) is 13.2 Å². The lowest BCUT2D eigenvalue weighted by molar-refractivity contribution is 0.0228. The Hall–Kier alpha value is -3.02. The van der Waals surface area contributed by atoms with Gasteiger partial charge in [-0.1, -0.05) is 0 Å². The van der Waals surface area contributed by atoms with Gasteiger partial charge in [-0.3, -0.25) is 0 Å². The molecule has 0 spiro atoms. The van der Waals surface area contributed by atoms with Crippen molar-refractivity contribution in [1.29, 1.82) is 0 Å². The largest absolute Gasteiger partial charge is 0.456 e. The van der Waals surface area contributed by atoms with Crippen LogP contribution in [-0.4, -0.2) is 25.2 Å². The van der Waals surface area contributed by atoms with Crippen molar-refractivity contribution < 1.29 is 27.9 Å². The van der Waals surface area contributed by atoms with Crippen LogP contribution in [-0.2, 0) is 9.47 Å². The molecule has 0 bridgehead atoms. The van der Waals surface area contributed by atoms with E-state index < -0.39 is 11.9 Å². The van der Waals surface area contributed by atoms with Crippen LogP contribution in [0, 0.1) is 13.8 Å². The van der Waals surface area contributed by atoms with Gasteiger partial charge in [0, 0.05) is 0 Å². The monoisotopic (exact) mass is 334 g/mol. The molecule has 0 aliphatic carbocycles. The first-order valence-electron chi connectivity index (χ1n) is 7.03. The molecule has 2 aromatic heterocycles. The van der Waals surface area contributed by atoms with Crippen LogP contribution in [0.25, 0.3) is 0 Å². The summed E-state index contributed by atoms with van der Waals surface area (Å²) in [6, 6.07) is 6.37. The van der Waals surface area contributed by atoms with E-state index in [-0.39, 0.29) is 24.7 Å². The number of ether oxygens (including phenoxy) is 2. The summed E-state index contributed by atoms with van der Waals surface area (Å²) < 4.78 is 20.0. The summed E-state index contributed by atoms with van der Waals surface area (Å²) >= 11 is 0. The van der Waals surface area contributed by atoms with Crippen molar-refractivity contribution in [3.8, 4) is 0 Å². The molecule has 0 aliphatic rings. The summed E-state index contributed by atoms with van der Waals surface area (Å²) in [6.45, 7) is 15.3. The summed E-state index contributed by atoms with van der Waals surface area (Å²) in [6.07, 6.45) is 0. The van der Waals surface area contributed by atoms with Crippen molar-refractivity contribution in [3.05, 3.63) is 73.6 Å². The Labute approximate surface area is 141 Å². The third-order valence-electron chi connectivity index (χ3n) is 2.43. The van der Waals surface area contributed by atoms with E-state index in [1.807, 2.05) is 0 Å². The number of rotatable bonds is 5. The Morgan fingerprint density at radius 1 is 0.792 bits per heavy atom. The third-order valence-corrected chi connectivity index (χ3v) is 2.43. The van der Waals surface area contributed by atoms with E-state index in [1.165, 1.54) is 12.1 Å². The molecule has 24 heavy (non-hydrogen) atoms. The van der Waals surface area contributed by atoms with Gasteiger partial charge in [0.2, 0.25) is 11.5 Å². The van der Waals surface area contributed by atoms with Crippen LogP contribution in [0.3, 0.4) is 0 Å². The molecule has 0 saturated carbocycles. The predicted octanol–water partition coefficient (Wildman–Crippen LogP) is 4.11. The lowest BCUT2D eigenvalue weighted by Gasteiger charge is -2.04. The molecule has 0 fully saturated rings. The minimum atomic E-state index is -0.594. The second kappa shape index (κ2) is 11.5. The molecule has 0 atom stereocenters. The highest BCUT2D eigenvalue weighted by Gasteiger charge is 2.13. The molecule has 2 aromatic rings. The van der Waals surface area contributed by atoms with Crippen molar-refractivity contribution >= 4 is 11.9 Å². The van der Waals surface area contributed by atoms with Crippen LogP contribution in [0.1, 0.15) is 32.6 Å².